The molecule has 31 heavy (non-hydrogen) atoms. The van der Waals surface area contributed by atoms with E-state index in [1.54, 1.807) is 18.2 Å². The van der Waals surface area contributed by atoms with Gasteiger partial charge in [-0.15, -0.1) is 0 Å². The number of rotatable bonds is 3. The highest BCUT2D eigenvalue weighted by Gasteiger charge is 2.68. The monoisotopic (exact) mass is 411 g/mol. The van der Waals surface area contributed by atoms with Gasteiger partial charge in [0.05, 0.1) is 36.7 Å². The molecule has 1 fully saturated rings. The van der Waals surface area contributed by atoms with Crippen LogP contribution in [0.25, 0.3) is 0 Å². The molecule has 0 saturated carbocycles. The van der Waals surface area contributed by atoms with E-state index >= 15 is 0 Å². The van der Waals surface area contributed by atoms with Crippen molar-refractivity contribution in [2.24, 2.45) is 11.8 Å². The Bertz CT molecular complexity index is 1200. The van der Waals surface area contributed by atoms with Gasteiger partial charge in [0, 0.05) is 5.92 Å². The molecule has 3 aromatic carbocycles. The van der Waals surface area contributed by atoms with Crippen molar-refractivity contribution in [1.29, 1.82) is 0 Å². The topological polar surface area (TPSA) is 66.8 Å². The number of para-hydroxylation sites is 2. The number of hydrogen-bond donors (Lipinski definition) is 1. The van der Waals surface area contributed by atoms with Crippen molar-refractivity contribution < 1.29 is 19.4 Å². The fourth-order valence-corrected chi connectivity index (χ4v) is 6.25. The van der Waals surface area contributed by atoms with E-state index in [0.717, 1.165) is 22.3 Å². The number of nitrogens with zero attached hydrogens (tertiary/aromatic N) is 1. The summed E-state index contributed by atoms with van der Waals surface area (Å²) < 4.78 is 5.46. The molecule has 0 aromatic heterocycles. The third-order valence-corrected chi connectivity index (χ3v) is 7.37. The van der Waals surface area contributed by atoms with Crippen LogP contribution in [-0.2, 0) is 15.0 Å². The van der Waals surface area contributed by atoms with E-state index in [9.17, 15) is 14.7 Å². The highest BCUT2D eigenvalue weighted by molar-refractivity contribution is 6.24. The third-order valence-electron chi connectivity index (χ3n) is 7.37. The Morgan fingerprint density at radius 3 is 2.06 bits per heavy atom. The van der Waals surface area contributed by atoms with Crippen LogP contribution in [0.4, 0.5) is 5.69 Å². The summed E-state index contributed by atoms with van der Waals surface area (Å²) in [6, 6.07) is 22.9. The van der Waals surface area contributed by atoms with Crippen molar-refractivity contribution in [1.82, 2.24) is 0 Å². The molecule has 2 bridgehead atoms. The Balaban J connectivity index is 1.64. The van der Waals surface area contributed by atoms with Crippen molar-refractivity contribution in [3.63, 3.8) is 0 Å². The van der Waals surface area contributed by atoms with Gasteiger partial charge in [0.1, 0.15) is 5.75 Å². The van der Waals surface area contributed by atoms with Gasteiger partial charge in [0.25, 0.3) is 0 Å². The second-order valence-corrected chi connectivity index (χ2v) is 8.47. The average molecular weight is 411 g/mol. The van der Waals surface area contributed by atoms with E-state index in [0.29, 0.717) is 11.4 Å². The standard InChI is InChI=1S/C26H21NO4/c1-31-20-13-7-6-12-19(20)27-24(29)22-21-15-8-2-4-10-17(15)26(14-28,23(22)25(27)30)18-11-5-3-9-16(18)21/h2-13,21-23,28H,14H2,1H3/t21?,22-,23+,26?/m0/s1. The van der Waals surface area contributed by atoms with Crippen LogP contribution in [0, 0.1) is 11.8 Å². The summed E-state index contributed by atoms with van der Waals surface area (Å²) in [5.74, 6) is -1.47. The molecule has 4 aliphatic rings. The minimum atomic E-state index is -0.948. The van der Waals surface area contributed by atoms with Gasteiger partial charge in [-0.2, -0.15) is 0 Å². The Morgan fingerprint density at radius 2 is 1.45 bits per heavy atom. The molecular weight excluding hydrogens is 390 g/mol. The van der Waals surface area contributed by atoms with Gasteiger partial charge in [-0.1, -0.05) is 60.7 Å². The van der Waals surface area contributed by atoms with Crippen molar-refractivity contribution in [2.45, 2.75) is 11.3 Å². The Hall–Kier alpha value is -3.44. The van der Waals surface area contributed by atoms with Crippen LogP contribution in [0.5, 0.6) is 5.75 Å². The molecule has 2 amide bonds. The van der Waals surface area contributed by atoms with Crippen LogP contribution in [0.2, 0.25) is 0 Å². The van der Waals surface area contributed by atoms with E-state index < -0.39 is 17.3 Å². The lowest BCUT2D eigenvalue weighted by molar-refractivity contribution is -0.124. The van der Waals surface area contributed by atoms with Gasteiger partial charge in [0.2, 0.25) is 11.8 Å². The number of aliphatic hydroxyl groups is 1. The number of anilines is 1. The second-order valence-electron chi connectivity index (χ2n) is 8.47. The van der Waals surface area contributed by atoms with Gasteiger partial charge in [-0.3, -0.25) is 9.59 Å². The normalized spacial score (nSPS) is 27.7. The predicted molar refractivity (Wildman–Crippen MR) is 115 cm³/mol. The molecule has 1 heterocycles. The first-order valence-corrected chi connectivity index (χ1v) is 10.5. The van der Waals surface area contributed by atoms with Crippen LogP contribution in [-0.4, -0.2) is 30.6 Å². The minimum Gasteiger partial charge on any atom is -0.495 e. The number of carbonyl (C=O) groups is 2. The largest absolute Gasteiger partial charge is 0.495 e. The van der Waals surface area contributed by atoms with Gasteiger partial charge in [0.15, 0.2) is 0 Å². The van der Waals surface area contributed by atoms with Crippen LogP contribution >= 0.6 is 0 Å². The van der Waals surface area contributed by atoms with Crippen molar-refractivity contribution in [2.75, 3.05) is 18.6 Å². The summed E-state index contributed by atoms with van der Waals surface area (Å²) in [6.07, 6.45) is 0. The maximum absolute atomic E-state index is 13.9. The predicted octanol–water partition coefficient (Wildman–Crippen LogP) is 3.24. The molecule has 5 nitrogen and oxygen atoms in total. The first-order chi connectivity index (χ1) is 15.1. The van der Waals surface area contributed by atoms with Crippen molar-refractivity contribution >= 4 is 17.5 Å². The number of amides is 2. The number of hydrogen-bond acceptors (Lipinski definition) is 4. The first kappa shape index (κ1) is 18.3. The lowest BCUT2D eigenvalue weighted by Crippen LogP contribution is -2.55. The fraction of sp³-hybridized carbons (Fsp3) is 0.231. The van der Waals surface area contributed by atoms with Crippen molar-refractivity contribution in [3.8, 4) is 5.75 Å². The molecule has 0 spiro atoms. The van der Waals surface area contributed by atoms with E-state index in [4.69, 9.17) is 4.74 Å². The van der Waals surface area contributed by atoms with Crippen LogP contribution in [0.1, 0.15) is 28.2 Å². The number of methoxy groups -OCH3 is 1. The van der Waals surface area contributed by atoms with Gasteiger partial charge >= 0.3 is 0 Å². The summed E-state index contributed by atoms with van der Waals surface area (Å²) in [6.45, 7) is -0.242. The van der Waals surface area contributed by atoms with E-state index in [-0.39, 0.29) is 24.3 Å². The molecule has 0 unspecified atom stereocenters. The van der Waals surface area contributed by atoms with Gasteiger partial charge in [-0.25, -0.2) is 4.90 Å². The number of ether oxygens (including phenoxy) is 1. The molecule has 3 aliphatic carbocycles. The SMILES string of the molecule is COc1ccccc1N1C(=O)[C@H]2C3c4ccccc4C(CO)(c4ccccc43)[C@H]2C1=O. The highest BCUT2D eigenvalue weighted by Crippen LogP contribution is 2.64. The second kappa shape index (κ2) is 6.28. The zero-order valence-corrected chi connectivity index (χ0v) is 17.0. The molecule has 1 N–H and O–H groups in total. The Labute approximate surface area is 179 Å². The summed E-state index contributed by atoms with van der Waals surface area (Å²) in [5.41, 5.74) is 3.46. The summed E-state index contributed by atoms with van der Waals surface area (Å²) >= 11 is 0. The smallest absolute Gasteiger partial charge is 0.239 e. The molecule has 7 rings (SSSR count). The molecule has 1 saturated heterocycles. The lowest BCUT2D eigenvalue weighted by atomic mass is 9.47. The third kappa shape index (κ3) is 2.04. The summed E-state index contributed by atoms with van der Waals surface area (Å²) in [5, 5.41) is 10.9. The number of imide groups is 1. The lowest BCUT2D eigenvalue weighted by Gasteiger charge is -2.53. The molecule has 154 valence electrons. The van der Waals surface area contributed by atoms with E-state index in [2.05, 4.69) is 0 Å². The molecular formula is C26H21NO4. The van der Waals surface area contributed by atoms with E-state index in [1.807, 2.05) is 54.6 Å². The minimum absolute atomic E-state index is 0.220. The number of carbonyl (C=O) groups excluding carboxylic acids is 2. The quantitative estimate of drug-likeness (QED) is 0.672. The van der Waals surface area contributed by atoms with Crippen molar-refractivity contribution in [3.05, 3.63) is 95.1 Å². The zero-order chi connectivity index (χ0) is 21.3. The average Bonchev–Trinajstić information content (AvgIpc) is 3.09. The summed E-state index contributed by atoms with van der Waals surface area (Å²) in [7, 11) is 1.53. The maximum Gasteiger partial charge on any atom is 0.239 e. The zero-order valence-electron chi connectivity index (χ0n) is 17.0. The summed E-state index contributed by atoms with van der Waals surface area (Å²) in [4.78, 5) is 29.1. The highest BCUT2D eigenvalue weighted by atomic mass is 16.5. The number of aliphatic hydroxyl groups excluding tert-OH is 1. The maximum atomic E-state index is 13.9. The van der Waals surface area contributed by atoms with E-state index in [1.165, 1.54) is 12.0 Å². The Morgan fingerprint density at radius 1 is 0.871 bits per heavy atom. The van der Waals surface area contributed by atoms with Crippen LogP contribution in [0.3, 0.4) is 0 Å². The molecule has 3 aromatic rings. The fourth-order valence-electron chi connectivity index (χ4n) is 6.25. The molecule has 2 atom stereocenters. The van der Waals surface area contributed by atoms with Crippen LogP contribution < -0.4 is 9.64 Å². The van der Waals surface area contributed by atoms with Gasteiger partial charge < -0.3 is 9.84 Å². The molecule has 0 radical (unpaired) electrons. The number of benzene rings is 3. The van der Waals surface area contributed by atoms with Gasteiger partial charge in [-0.05, 0) is 34.4 Å². The Kier molecular flexibility index (Phi) is 3.72. The molecule has 1 aliphatic heterocycles. The van der Waals surface area contributed by atoms with Crippen LogP contribution in [0.15, 0.2) is 72.8 Å². The first-order valence-electron chi connectivity index (χ1n) is 10.5. The molecule has 5 heteroatoms.